The lowest BCUT2D eigenvalue weighted by molar-refractivity contribution is -0.212. The van der Waals surface area contributed by atoms with Crippen LogP contribution in [0.2, 0.25) is 5.02 Å². The third-order valence-corrected chi connectivity index (χ3v) is 5.14. The van der Waals surface area contributed by atoms with Crippen LogP contribution in [0.3, 0.4) is 0 Å². The largest absolute Gasteiger partial charge is 0.385 e. The minimum Gasteiger partial charge on any atom is -0.385 e. The normalized spacial score (nSPS) is 40.5. The van der Waals surface area contributed by atoms with Crippen LogP contribution in [0.5, 0.6) is 0 Å². The van der Waals surface area contributed by atoms with E-state index >= 15 is 0 Å². The summed E-state index contributed by atoms with van der Waals surface area (Å²) in [6, 6.07) is 7.75. The molecule has 2 aliphatic carbocycles. The topological polar surface area (TPSA) is 20.2 Å². The summed E-state index contributed by atoms with van der Waals surface area (Å²) in [6.07, 6.45) is 5.88. The molecule has 0 aromatic heterocycles. The predicted octanol–water partition coefficient (Wildman–Crippen LogP) is 4.13. The highest BCUT2D eigenvalue weighted by Gasteiger charge is 2.60. The van der Waals surface area contributed by atoms with Crippen LogP contribution >= 0.6 is 11.6 Å². The molecule has 3 rings (SSSR count). The lowest BCUT2D eigenvalue weighted by atomic mass is 9.45. The molecule has 0 unspecified atom stereocenters. The van der Waals surface area contributed by atoms with Gasteiger partial charge in [0.2, 0.25) is 0 Å². The summed E-state index contributed by atoms with van der Waals surface area (Å²) in [4.78, 5) is 0. The highest BCUT2D eigenvalue weighted by Crippen LogP contribution is 2.64. The molecular weight excluding hydrogens is 232 g/mol. The average molecular weight is 251 g/mol. The van der Waals surface area contributed by atoms with Crippen LogP contribution in [0.4, 0.5) is 0 Å². The molecular formula is C15H19ClO. The Kier molecular flexibility index (Phi) is 2.53. The van der Waals surface area contributed by atoms with E-state index in [1.165, 1.54) is 19.3 Å². The van der Waals surface area contributed by atoms with Crippen LogP contribution in [0.15, 0.2) is 24.3 Å². The van der Waals surface area contributed by atoms with Gasteiger partial charge in [-0.05, 0) is 48.3 Å². The van der Waals surface area contributed by atoms with Gasteiger partial charge in [0.15, 0.2) is 0 Å². The van der Waals surface area contributed by atoms with E-state index in [9.17, 15) is 5.11 Å². The molecule has 2 fully saturated rings. The first-order valence-electron chi connectivity index (χ1n) is 6.53. The summed E-state index contributed by atoms with van der Waals surface area (Å²) in [5.74, 6) is 0.419. The van der Waals surface area contributed by atoms with Crippen LogP contribution in [-0.4, -0.2) is 5.11 Å². The Bertz CT molecular complexity index is 444. The van der Waals surface area contributed by atoms with Crippen molar-refractivity contribution >= 4 is 11.6 Å². The van der Waals surface area contributed by atoms with E-state index < -0.39 is 5.60 Å². The molecule has 2 heteroatoms. The minimum absolute atomic E-state index is 0.356. The van der Waals surface area contributed by atoms with Crippen LogP contribution in [0, 0.1) is 11.3 Å². The molecule has 1 nitrogen and oxygen atoms in total. The van der Waals surface area contributed by atoms with Crippen molar-refractivity contribution < 1.29 is 5.11 Å². The van der Waals surface area contributed by atoms with E-state index in [1.807, 2.05) is 24.3 Å². The van der Waals surface area contributed by atoms with E-state index in [0.717, 1.165) is 23.4 Å². The Morgan fingerprint density at radius 2 is 2.18 bits per heavy atom. The summed E-state index contributed by atoms with van der Waals surface area (Å²) >= 11 is 6.03. The van der Waals surface area contributed by atoms with Gasteiger partial charge in [0.1, 0.15) is 0 Å². The first-order valence-corrected chi connectivity index (χ1v) is 6.91. The Labute approximate surface area is 108 Å². The average Bonchev–Trinajstić information content (AvgIpc) is 2.27. The maximum Gasteiger partial charge on any atom is 0.0935 e. The first kappa shape index (κ1) is 11.6. The van der Waals surface area contributed by atoms with E-state index in [4.69, 9.17) is 11.6 Å². The van der Waals surface area contributed by atoms with Crippen molar-refractivity contribution in [3.63, 3.8) is 0 Å². The zero-order valence-electron chi connectivity index (χ0n) is 10.2. The van der Waals surface area contributed by atoms with Crippen molar-refractivity contribution in [1.29, 1.82) is 0 Å². The summed E-state index contributed by atoms with van der Waals surface area (Å²) in [6.45, 7) is 2.33. The lowest BCUT2D eigenvalue weighted by Gasteiger charge is -2.62. The smallest absolute Gasteiger partial charge is 0.0935 e. The second-order valence-electron chi connectivity index (χ2n) is 6.06. The van der Waals surface area contributed by atoms with Crippen molar-refractivity contribution in [3.05, 3.63) is 34.9 Å². The molecule has 1 aromatic carbocycles. The Balaban J connectivity index is 1.93. The highest BCUT2D eigenvalue weighted by molar-refractivity contribution is 6.30. The minimum atomic E-state index is -0.625. The van der Waals surface area contributed by atoms with Crippen LogP contribution in [0.25, 0.3) is 0 Å². The van der Waals surface area contributed by atoms with Gasteiger partial charge in [-0.1, -0.05) is 43.5 Å². The van der Waals surface area contributed by atoms with Gasteiger partial charge in [0.05, 0.1) is 5.60 Å². The third kappa shape index (κ3) is 1.63. The van der Waals surface area contributed by atoms with Crippen LogP contribution in [0.1, 0.15) is 44.6 Å². The molecule has 0 amide bonds. The van der Waals surface area contributed by atoms with Gasteiger partial charge in [0, 0.05) is 5.02 Å². The monoisotopic (exact) mass is 250 g/mol. The second-order valence-corrected chi connectivity index (χ2v) is 6.50. The molecule has 92 valence electrons. The molecule has 2 aliphatic rings. The molecule has 2 saturated carbocycles. The van der Waals surface area contributed by atoms with Crippen molar-refractivity contribution in [3.8, 4) is 0 Å². The fourth-order valence-corrected chi connectivity index (χ4v) is 4.29. The fourth-order valence-electron chi connectivity index (χ4n) is 4.10. The molecule has 17 heavy (non-hydrogen) atoms. The first-order chi connectivity index (χ1) is 8.05. The molecule has 0 bridgehead atoms. The lowest BCUT2D eigenvalue weighted by Crippen LogP contribution is -2.59. The van der Waals surface area contributed by atoms with Crippen molar-refractivity contribution in [2.24, 2.45) is 11.3 Å². The van der Waals surface area contributed by atoms with Crippen LogP contribution in [-0.2, 0) is 5.60 Å². The van der Waals surface area contributed by atoms with E-state index in [1.54, 1.807) is 0 Å². The number of hydrogen-bond acceptors (Lipinski definition) is 1. The molecule has 0 heterocycles. The number of rotatable bonds is 1. The maximum atomic E-state index is 10.9. The van der Waals surface area contributed by atoms with E-state index in [0.29, 0.717) is 11.3 Å². The van der Waals surface area contributed by atoms with Gasteiger partial charge in [0.25, 0.3) is 0 Å². The second kappa shape index (κ2) is 3.73. The molecule has 1 aromatic rings. The molecule has 3 atom stereocenters. The van der Waals surface area contributed by atoms with E-state index in [2.05, 4.69) is 6.92 Å². The Morgan fingerprint density at radius 3 is 2.88 bits per heavy atom. The third-order valence-electron chi connectivity index (χ3n) is 4.91. The Morgan fingerprint density at radius 1 is 1.35 bits per heavy atom. The summed E-state index contributed by atoms with van der Waals surface area (Å²) in [7, 11) is 0. The standard InChI is InChI=1S/C15H19ClO/c1-14-8-3-2-7-13(14)15(17,10-14)11-5-4-6-12(16)9-11/h4-6,9,13,17H,2-3,7-8,10H2,1H3/t13-,14-,15-/m0/s1. The molecule has 0 saturated heterocycles. The van der Waals surface area contributed by atoms with E-state index in [-0.39, 0.29) is 0 Å². The van der Waals surface area contributed by atoms with Crippen molar-refractivity contribution in [1.82, 2.24) is 0 Å². The number of benzene rings is 1. The molecule has 0 spiro atoms. The van der Waals surface area contributed by atoms with Gasteiger partial charge in [-0.3, -0.25) is 0 Å². The van der Waals surface area contributed by atoms with Gasteiger partial charge in [-0.2, -0.15) is 0 Å². The summed E-state index contributed by atoms with van der Waals surface area (Å²) in [5.41, 5.74) is 0.740. The van der Waals surface area contributed by atoms with Crippen molar-refractivity contribution in [2.75, 3.05) is 0 Å². The van der Waals surface area contributed by atoms with Gasteiger partial charge >= 0.3 is 0 Å². The quantitative estimate of drug-likeness (QED) is 0.795. The van der Waals surface area contributed by atoms with Crippen molar-refractivity contribution in [2.45, 2.75) is 44.6 Å². The van der Waals surface area contributed by atoms with Gasteiger partial charge in [-0.15, -0.1) is 0 Å². The zero-order chi connectivity index (χ0) is 12.1. The number of hydrogen-bond donors (Lipinski definition) is 1. The SMILES string of the molecule is C[C@@]12CCCC[C@@H]1[C@@](O)(c1cccc(Cl)c1)C2. The number of fused-ring (bicyclic) bond motifs is 1. The number of aliphatic hydroxyl groups is 1. The fraction of sp³-hybridized carbons (Fsp3) is 0.600. The Hall–Kier alpha value is -0.530. The zero-order valence-corrected chi connectivity index (χ0v) is 11.0. The number of halogens is 1. The molecule has 1 N–H and O–H groups in total. The van der Waals surface area contributed by atoms with Gasteiger partial charge in [-0.25, -0.2) is 0 Å². The summed E-state index contributed by atoms with van der Waals surface area (Å²) < 4.78 is 0. The summed E-state index contributed by atoms with van der Waals surface area (Å²) in [5, 5.41) is 11.6. The van der Waals surface area contributed by atoms with Crippen LogP contribution < -0.4 is 0 Å². The van der Waals surface area contributed by atoms with Gasteiger partial charge < -0.3 is 5.11 Å². The highest BCUT2D eigenvalue weighted by atomic mass is 35.5. The molecule has 0 aliphatic heterocycles. The maximum absolute atomic E-state index is 10.9. The predicted molar refractivity (Wildman–Crippen MR) is 70.0 cm³/mol. The molecule has 0 radical (unpaired) electrons.